The molecule has 2 aromatic carbocycles. The molecule has 0 spiro atoms. The van der Waals surface area contributed by atoms with Gasteiger partial charge < -0.3 is 11.1 Å². The van der Waals surface area contributed by atoms with Crippen molar-refractivity contribution in [3.63, 3.8) is 0 Å². The van der Waals surface area contributed by atoms with Gasteiger partial charge in [-0.15, -0.1) is 0 Å². The van der Waals surface area contributed by atoms with Crippen molar-refractivity contribution in [2.45, 2.75) is 12.5 Å². The number of nitrogens with zero attached hydrogens (tertiary/aromatic N) is 1. The number of hydrogen-bond donors (Lipinski definition) is 2. The molecule has 0 saturated carbocycles. The van der Waals surface area contributed by atoms with Gasteiger partial charge in [0.05, 0.1) is 16.8 Å². The lowest BCUT2D eigenvalue weighted by Gasteiger charge is -2.14. The number of hydrogen-bond acceptors (Lipinski definition) is 3. The zero-order valence-corrected chi connectivity index (χ0v) is 13.5. The largest absolute Gasteiger partial charge is 0.323 e. The molecule has 2 amide bonds. The molecule has 1 aliphatic rings. The molecule has 0 aromatic heterocycles. The number of rotatable bonds is 4. The van der Waals surface area contributed by atoms with Crippen LogP contribution >= 0.6 is 11.6 Å². The van der Waals surface area contributed by atoms with E-state index in [1.165, 1.54) is 12.3 Å². The summed E-state index contributed by atoms with van der Waals surface area (Å²) in [6, 6.07) is 12.1. The van der Waals surface area contributed by atoms with Crippen molar-refractivity contribution < 1.29 is 9.59 Å². The van der Waals surface area contributed by atoms with Gasteiger partial charge >= 0.3 is 0 Å². The summed E-state index contributed by atoms with van der Waals surface area (Å²) >= 11 is 6.19. The fourth-order valence-corrected chi connectivity index (χ4v) is 2.65. The van der Waals surface area contributed by atoms with Crippen molar-refractivity contribution in [1.29, 1.82) is 0 Å². The van der Waals surface area contributed by atoms with Gasteiger partial charge in [0.1, 0.15) is 0 Å². The molecule has 1 heterocycles. The topological polar surface area (TPSA) is 86.3 Å². The first kappa shape index (κ1) is 16.2. The Hall–Kier alpha value is -2.63. The number of carbonyl (C=O) groups excluding carboxylic acids is 2. The second-order valence-electron chi connectivity index (χ2n) is 5.49. The van der Waals surface area contributed by atoms with Crippen LogP contribution in [-0.4, -0.2) is 17.9 Å². The molecule has 1 radical (unpaired) electrons. The van der Waals surface area contributed by atoms with Crippen LogP contribution in [0.15, 0.2) is 42.5 Å². The molecule has 6 heteroatoms. The van der Waals surface area contributed by atoms with Gasteiger partial charge in [0, 0.05) is 17.5 Å². The van der Waals surface area contributed by atoms with Crippen molar-refractivity contribution in [3.05, 3.63) is 63.5 Å². The molecule has 2 aromatic rings. The number of carbonyl (C=O) groups is 2. The van der Waals surface area contributed by atoms with E-state index in [2.05, 4.69) is 10.6 Å². The fraction of sp³-hybridized carbons (Fsp3) is 0.111. The summed E-state index contributed by atoms with van der Waals surface area (Å²) in [5, 5.41) is 8.17. The molecule has 1 atom stereocenters. The van der Waals surface area contributed by atoms with E-state index in [0.717, 1.165) is 10.8 Å². The molecule has 0 aliphatic carbocycles. The van der Waals surface area contributed by atoms with E-state index in [4.69, 9.17) is 17.3 Å². The third-order valence-corrected chi connectivity index (χ3v) is 3.99. The number of nitrogens with one attached hydrogen (secondary N) is 1. The summed E-state index contributed by atoms with van der Waals surface area (Å²) in [5.41, 5.74) is 7.37. The highest BCUT2D eigenvalue weighted by atomic mass is 35.5. The third-order valence-electron chi connectivity index (χ3n) is 3.68. The molecular weight excluding hydrogens is 326 g/mol. The van der Waals surface area contributed by atoms with Crippen LogP contribution < -0.4 is 26.8 Å². The Balaban J connectivity index is 1.78. The molecule has 0 unspecified atom stereocenters. The number of halogens is 1. The fourth-order valence-electron chi connectivity index (χ4n) is 2.43. The van der Waals surface area contributed by atoms with E-state index in [-0.39, 0.29) is 11.8 Å². The van der Waals surface area contributed by atoms with Crippen LogP contribution in [0.4, 0.5) is 5.69 Å². The van der Waals surface area contributed by atoms with Gasteiger partial charge in [0.25, 0.3) is 5.91 Å². The molecule has 24 heavy (non-hydrogen) atoms. The molecule has 3 N–H and O–H groups in total. The molecule has 0 fully saturated rings. The smallest absolute Gasteiger partial charge is 0.270 e. The first-order valence-electron chi connectivity index (χ1n) is 7.39. The van der Waals surface area contributed by atoms with Crippen molar-refractivity contribution in [2.24, 2.45) is 5.73 Å². The zero-order chi connectivity index (χ0) is 17.1. The Kier molecular flexibility index (Phi) is 4.64. The average Bonchev–Trinajstić information content (AvgIpc) is 2.56. The minimum atomic E-state index is -0.702. The molecular formula is C18H15ClN3O2. The van der Waals surface area contributed by atoms with E-state index >= 15 is 0 Å². The zero-order valence-electron chi connectivity index (χ0n) is 12.7. The van der Waals surface area contributed by atoms with Crippen molar-refractivity contribution in [3.8, 4) is 0 Å². The molecule has 0 saturated heterocycles. The summed E-state index contributed by atoms with van der Waals surface area (Å²) in [4.78, 5) is 23.7. The minimum absolute atomic E-state index is 0.337. The summed E-state index contributed by atoms with van der Waals surface area (Å²) < 4.78 is 0. The van der Waals surface area contributed by atoms with E-state index < -0.39 is 6.04 Å². The molecule has 5 nitrogen and oxygen atoms in total. The van der Waals surface area contributed by atoms with Crippen LogP contribution in [0, 0.1) is 0 Å². The number of fused-ring (bicyclic) bond motifs is 1. The second kappa shape index (κ2) is 6.86. The average molecular weight is 341 g/mol. The van der Waals surface area contributed by atoms with Gasteiger partial charge in [0.15, 0.2) is 0 Å². The van der Waals surface area contributed by atoms with Crippen molar-refractivity contribution in [2.75, 3.05) is 5.32 Å². The lowest BCUT2D eigenvalue weighted by atomic mass is 10.1. The highest BCUT2D eigenvalue weighted by Crippen LogP contribution is 2.18. The lowest BCUT2D eigenvalue weighted by molar-refractivity contribution is -0.117. The van der Waals surface area contributed by atoms with E-state index in [1.807, 2.05) is 30.3 Å². The quantitative estimate of drug-likeness (QED) is 0.850. The standard InChI is InChI=1S/C18H15ClN3O2/c19-14-7-13-10-21-17(23)9-12(13)8-16(14)22-18(24)15(20)6-11-4-2-1-3-5-11/h1-5,7-10,15H,6,20H2,(H,22,24)/t15-/m1/s1. The van der Waals surface area contributed by atoms with Gasteiger partial charge in [-0.25, -0.2) is 5.32 Å². The Morgan fingerprint density at radius 1 is 1.21 bits per heavy atom. The molecule has 121 valence electrons. The Labute approximate surface area is 143 Å². The Bertz CT molecular complexity index is 910. The lowest BCUT2D eigenvalue weighted by Crippen LogP contribution is -2.38. The van der Waals surface area contributed by atoms with Crippen LogP contribution in [0.25, 0.3) is 12.3 Å². The normalized spacial score (nSPS) is 13.8. The Morgan fingerprint density at radius 2 is 1.96 bits per heavy atom. The van der Waals surface area contributed by atoms with Gasteiger partial charge in [-0.2, -0.15) is 0 Å². The highest BCUT2D eigenvalue weighted by Gasteiger charge is 2.16. The van der Waals surface area contributed by atoms with Crippen LogP contribution in [0.2, 0.25) is 5.02 Å². The predicted octanol–water partition coefficient (Wildman–Crippen LogP) is 0.512. The molecule has 0 bridgehead atoms. The maximum atomic E-state index is 12.3. The van der Waals surface area contributed by atoms with Gasteiger partial charge in [0.2, 0.25) is 5.91 Å². The minimum Gasteiger partial charge on any atom is -0.323 e. The number of nitrogens with two attached hydrogens (primary N) is 1. The third kappa shape index (κ3) is 3.64. The Morgan fingerprint density at radius 3 is 2.71 bits per heavy atom. The first-order valence-corrected chi connectivity index (χ1v) is 7.77. The van der Waals surface area contributed by atoms with E-state index in [1.54, 1.807) is 12.1 Å². The van der Waals surface area contributed by atoms with Crippen LogP contribution in [0.5, 0.6) is 0 Å². The monoisotopic (exact) mass is 340 g/mol. The maximum Gasteiger partial charge on any atom is 0.270 e. The van der Waals surface area contributed by atoms with E-state index in [0.29, 0.717) is 22.3 Å². The maximum absolute atomic E-state index is 12.3. The van der Waals surface area contributed by atoms with Crippen molar-refractivity contribution in [1.82, 2.24) is 5.32 Å². The number of amides is 2. The van der Waals surface area contributed by atoms with Gasteiger partial charge in [-0.3, -0.25) is 9.59 Å². The number of anilines is 1. The highest BCUT2D eigenvalue weighted by molar-refractivity contribution is 6.33. The summed E-state index contributed by atoms with van der Waals surface area (Å²) in [6.45, 7) is 0. The SMILES string of the molecule is N[C@H](Cc1ccccc1)C(=O)Nc1cc2c(cc1Cl)=C[N]C(=O)C=2. The summed E-state index contributed by atoms with van der Waals surface area (Å²) in [5.74, 6) is -0.681. The second-order valence-corrected chi connectivity index (χ2v) is 5.89. The van der Waals surface area contributed by atoms with Crippen LogP contribution in [0.1, 0.15) is 5.56 Å². The van der Waals surface area contributed by atoms with Gasteiger partial charge in [-0.1, -0.05) is 41.9 Å². The van der Waals surface area contributed by atoms with Crippen molar-refractivity contribution >= 4 is 41.4 Å². The number of benzene rings is 2. The molecule has 3 rings (SSSR count). The van der Waals surface area contributed by atoms with Gasteiger partial charge in [-0.05, 0) is 29.3 Å². The summed E-state index contributed by atoms with van der Waals surface area (Å²) in [7, 11) is 0. The summed E-state index contributed by atoms with van der Waals surface area (Å²) in [6.07, 6.45) is 3.27. The first-order chi connectivity index (χ1) is 11.5. The van der Waals surface area contributed by atoms with Crippen LogP contribution in [-0.2, 0) is 16.0 Å². The van der Waals surface area contributed by atoms with Crippen LogP contribution in [0.3, 0.4) is 0 Å². The predicted molar refractivity (Wildman–Crippen MR) is 93.5 cm³/mol. The molecule has 1 aliphatic heterocycles. The van der Waals surface area contributed by atoms with E-state index in [9.17, 15) is 9.59 Å².